The summed E-state index contributed by atoms with van der Waals surface area (Å²) in [6.07, 6.45) is 0. The number of nitriles is 1. The molecule has 0 amide bonds. The zero-order valence-electron chi connectivity index (χ0n) is 14.8. The first-order chi connectivity index (χ1) is 13.7. The number of rotatable bonds is 1. The van der Waals surface area contributed by atoms with E-state index in [1.54, 1.807) is 11.8 Å². The Labute approximate surface area is 172 Å². The molecule has 0 radical (unpaired) electrons. The minimum absolute atomic E-state index is 0.164. The lowest BCUT2D eigenvalue weighted by molar-refractivity contribution is 0.354. The van der Waals surface area contributed by atoms with Crippen LogP contribution < -0.4 is 5.73 Å². The summed E-state index contributed by atoms with van der Waals surface area (Å²) in [7, 11) is 0. The minimum atomic E-state index is -0.237. The van der Waals surface area contributed by atoms with Gasteiger partial charge in [-0.3, -0.25) is 0 Å². The van der Waals surface area contributed by atoms with Gasteiger partial charge in [0.15, 0.2) is 0 Å². The lowest BCUT2D eigenvalue weighted by Crippen LogP contribution is -2.23. The normalized spacial score (nSPS) is 18.4. The van der Waals surface area contributed by atoms with Gasteiger partial charge in [0.2, 0.25) is 5.88 Å². The monoisotopic (exact) mass is 402 g/mol. The second-order valence-electron chi connectivity index (χ2n) is 6.78. The Morgan fingerprint density at radius 1 is 1.11 bits per heavy atom. The minimum Gasteiger partial charge on any atom is -0.440 e. The molecule has 2 heterocycles. The van der Waals surface area contributed by atoms with Crippen molar-refractivity contribution >= 4 is 39.9 Å². The molecule has 2 aliphatic heterocycles. The van der Waals surface area contributed by atoms with Gasteiger partial charge < -0.3 is 10.5 Å². The number of halogens is 1. The predicted octanol–water partition coefficient (Wildman–Crippen LogP) is 5.82. The SMILES string of the molecule is N#CC1=C(N)OC2=C(CSc3ccc(Cl)cc32)C1c1cccc2ccccc12. The molecule has 1 atom stereocenters. The Morgan fingerprint density at radius 2 is 1.93 bits per heavy atom. The molecule has 136 valence electrons. The molecule has 3 aromatic rings. The summed E-state index contributed by atoms with van der Waals surface area (Å²) in [6, 6.07) is 22.5. The molecular formula is C23H15ClN2OS. The van der Waals surface area contributed by atoms with Crippen molar-refractivity contribution in [1.29, 1.82) is 5.26 Å². The first-order valence-corrected chi connectivity index (χ1v) is 10.2. The van der Waals surface area contributed by atoms with Gasteiger partial charge in [-0.15, -0.1) is 11.8 Å². The largest absolute Gasteiger partial charge is 0.440 e. The van der Waals surface area contributed by atoms with Crippen LogP contribution >= 0.6 is 23.4 Å². The number of benzene rings is 3. The summed E-state index contributed by atoms with van der Waals surface area (Å²) < 4.78 is 5.98. The topological polar surface area (TPSA) is 59.0 Å². The van der Waals surface area contributed by atoms with Crippen LogP contribution in [0.15, 0.2) is 82.6 Å². The summed E-state index contributed by atoms with van der Waals surface area (Å²) >= 11 is 7.98. The summed E-state index contributed by atoms with van der Waals surface area (Å²) in [6.45, 7) is 0. The second-order valence-corrected chi connectivity index (χ2v) is 8.23. The number of allylic oxidation sites excluding steroid dienone is 1. The van der Waals surface area contributed by atoms with Crippen molar-refractivity contribution in [3.8, 4) is 6.07 Å². The van der Waals surface area contributed by atoms with Gasteiger partial charge in [0, 0.05) is 21.2 Å². The van der Waals surface area contributed by atoms with E-state index in [9.17, 15) is 5.26 Å². The molecule has 3 nitrogen and oxygen atoms in total. The zero-order valence-corrected chi connectivity index (χ0v) is 16.3. The zero-order chi connectivity index (χ0) is 19.3. The van der Waals surface area contributed by atoms with E-state index in [1.165, 1.54) is 0 Å². The quantitative estimate of drug-likeness (QED) is 0.557. The van der Waals surface area contributed by atoms with Crippen LogP contribution in [0.5, 0.6) is 0 Å². The van der Waals surface area contributed by atoms with Crippen LogP contribution in [-0.4, -0.2) is 5.75 Å². The molecule has 0 aromatic heterocycles. The Hall–Kier alpha value is -2.87. The van der Waals surface area contributed by atoms with Crippen molar-refractivity contribution < 1.29 is 4.74 Å². The second kappa shape index (κ2) is 6.63. The third-order valence-corrected chi connectivity index (χ3v) is 6.59. The third-order valence-electron chi connectivity index (χ3n) is 5.23. The van der Waals surface area contributed by atoms with Crippen LogP contribution in [0.2, 0.25) is 5.02 Å². The van der Waals surface area contributed by atoms with Crippen LogP contribution in [0.3, 0.4) is 0 Å². The van der Waals surface area contributed by atoms with Crippen molar-refractivity contribution in [2.45, 2.75) is 10.8 Å². The van der Waals surface area contributed by atoms with Crippen molar-refractivity contribution in [2.24, 2.45) is 5.73 Å². The molecule has 0 fully saturated rings. The molecule has 0 saturated heterocycles. The summed E-state index contributed by atoms with van der Waals surface area (Å²) in [5.41, 5.74) is 9.74. The average molecular weight is 403 g/mol. The Kier molecular flexibility index (Phi) is 4.08. The first kappa shape index (κ1) is 17.2. The van der Waals surface area contributed by atoms with Crippen molar-refractivity contribution in [3.05, 3.63) is 93.8 Å². The number of fused-ring (bicyclic) bond motifs is 3. The van der Waals surface area contributed by atoms with Crippen molar-refractivity contribution in [1.82, 2.24) is 0 Å². The van der Waals surface area contributed by atoms with Crippen molar-refractivity contribution in [3.63, 3.8) is 0 Å². The van der Waals surface area contributed by atoms with Crippen LogP contribution in [-0.2, 0) is 4.74 Å². The highest BCUT2D eigenvalue weighted by molar-refractivity contribution is 7.99. The molecular weight excluding hydrogens is 388 g/mol. The van der Waals surface area contributed by atoms with E-state index < -0.39 is 0 Å². The number of hydrogen-bond donors (Lipinski definition) is 1. The van der Waals surface area contributed by atoms with Gasteiger partial charge in [0.25, 0.3) is 0 Å². The van der Waals surface area contributed by atoms with E-state index in [-0.39, 0.29) is 11.8 Å². The highest BCUT2D eigenvalue weighted by atomic mass is 35.5. The highest BCUT2D eigenvalue weighted by Crippen LogP contribution is 2.50. The summed E-state index contributed by atoms with van der Waals surface area (Å²) in [4.78, 5) is 1.10. The van der Waals surface area contributed by atoms with Crippen LogP contribution in [0, 0.1) is 11.3 Å². The molecule has 0 saturated carbocycles. The molecule has 2 aliphatic rings. The molecule has 0 aliphatic carbocycles. The van der Waals surface area contributed by atoms with Gasteiger partial charge in [-0.05, 0) is 40.1 Å². The standard InChI is InChI=1S/C23H15ClN2OS/c24-14-8-9-20-17(10-14)22-19(12-28-20)21(18(11-25)23(26)27-22)16-7-3-5-13-4-1-2-6-15(13)16/h1-10,21H,12,26H2. The lowest BCUT2D eigenvalue weighted by Gasteiger charge is -2.33. The Balaban J connectivity index is 1.79. The molecule has 2 N–H and O–H groups in total. The fourth-order valence-electron chi connectivity index (χ4n) is 3.98. The fraction of sp³-hybridized carbons (Fsp3) is 0.0870. The van der Waals surface area contributed by atoms with E-state index >= 15 is 0 Å². The van der Waals surface area contributed by atoms with Gasteiger partial charge in [-0.2, -0.15) is 5.26 Å². The van der Waals surface area contributed by atoms with E-state index in [0.717, 1.165) is 43.9 Å². The first-order valence-electron chi connectivity index (χ1n) is 8.88. The van der Waals surface area contributed by atoms with Gasteiger partial charge in [-0.1, -0.05) is 54.1 Å². The van der Waals surface area contributed by atoms with Crippen LogP contribution in [0.4, 0.5) is 0 Å². The molecule has 0 spiro atoms. The lowest BCUT2D eigenvalue weighted by atomic mass is 9.80. The number of nitrogens with two attached hydrogens (primary N) is 1. The number of hydrogen-bond acceptors (Lipinski definition) is 4. The number of thioether (sulfide) groups is 1. The maximum Gasteiger partial charge on any atom is 0.205 e. The van der Waals surface area contributed by atoms with Gasteiger partial charge in [0.1, 0.15) is 17.4 Å². The number of ether oxygens (including phenoxy) is 1. The van der Waals surface area contributed by atoms with Crippen molar-refractivity contribution in [2.75, 3.05) is 5.75 Å². The smallest absolute Gasteiger partial charge is 0.205 e. The number of nitrogens with zero attached hydrogens (tertiary/aromatic N) is 1. The maximum absolute atomic E-state index is 9.88. The Bertz CT molecular complexity index is 1230. The van der Waals surface area contributed by atoms with E-state index in [0.29, 0.717) is 10.6 Å². The maximum atomic E-state index is 9.88. The molecule has 5 rings (SSSR count). The van der Waals surface area contributed by atoms with Gasteiger partial charge in [0.05, 0.1) is 5.92 Å². The molecule has 28 heavy (non-hydrogen) atoms. The average Bonchev–Trinajstić information content (AvgIpc) is 2.72. The van der Waals surface area contributed by atoms with Gasteiger partial charge in [-0.25, -0.2) is 0 Å². The Morgan fingerprint density at radius 3 is 2.79 bits per heavy atom. The van der Waals surface area contributed by atoms with Crippen LogP contribution in [0.1, 0.15) is 17.0 Å². The molecule has 1 unspecified atom stereocenters. The molecule has 0 bridgehead atoms. The predicted molar refractivity (Wildman–Crippen MR) is 114 cm³/mol. The van der Waals surface area contributed by atoms with E-state index in [4.69, 9.17) is 22.1 Å². The van der Waals surface area contributed by atoms with E-state index in [2.05, 4.69) is 30.3 Å². The van der Waals surface area contributed by atoms with Gasteiger partial charge >= 0.3 is 0 Å². The summed E-state index contributed by atoms with van der Waals surface area (Å²) in [5, 5.41) is 12.8. The van der Waals surface area contributed by atoms with Crippen LogP contribution in [0.25, 0.3) is 16.5 Å². The molecule has 5 heteroatoms. The third kappa shape index (κ3) is 2.59. The summed E-state index contributed by atoms with van der Waals surface area (Å²) in [5.74, 6) is 1.39. The fourth-order valence-corrected chi connectivity index (χ4v) is 5.23. The highest BCUT2D eigenvalue weighted by Gasteiger charge is 2.36. The van der Waals surface area contributed by atoms with E-state index in [1.807, 2.05) is 36.4 Å². The molecule has 3 aromatic carbocycles.